The normalized spacial score (nSPS) is 10.8. The van der Waals surface area contributed by atoms with Gasteiger partial charge in [-0.3, -0.25) is 4.79 Å². The molecule has 5 nitrogen and oxygen atoms in total. The van der Waals surface area contributed by atoms with E-state index in [1.54, 1.807) is 0 Å². The van der Waals surface area contributed by atoms with Crippen LogP contribution in [0.25, 0.3) is 11.0 Å². The quantitative estimate of drug-likeness (QED) is 0.388. The lowest BCUT2D eigenvalue weighted by molar-refractivity contribution is -0.116. The highest BCUT2D eigenvalue weighted by molar-refractivity contribution is 5.86. The molecule has 5 heteroatoms. The number of carbonyl (C=O) groups excluding carboxylic acids is 1. The fourth-order valence-electron chi connectivity index (χ4n) is 3.37. The van der Waals surface area contributed by atoms with Gasteiger partial charge in [0.15, 0.2) is 0 Å². The van der Waals surface area contributed by atoms with Crippen molar-refractivity contribution in [1.29, 1.82) is 0 Å². The maximum Gasteiger partial charge on any atom is 0.243 e. The molecule has 2 aromatic carbocycles. The smallest absolute Gasteiger partial charge is 0.243 e. The van der Waals surface area contributed by atoms with Crippen LogP contribution in [-0.2, 0) is 17.8 Å². The molecule has 3 rings (SSSR count). The second kappa shape index (κ2) is 10.5. The van der Waals surface area contributed by atoms with Gasteiger partial charge in [-0.25, -0.2) is 4.98 Å². The largest absolute Gasteiger partial charge is 0.493 e. The topological polar surface area (TPSA) is 56.2 Å². The summed E-state index contributed by atoms with van der Waals surface area (Å²) in [6, 6.07) is 16.4. The van der Waals surface area contributed by atoms with E-state index in [-0.39, 0.29) is 5.91 Å². The van der Waals surface area contributed by atoms with Crippen LogP contribution in [-0.4, -0.2) is 28.6 Å². The number of hydrogen-bond donors (Lipinski definition) is 1. The second-order valence-electron chi connectivity index (χ2n) is 7.09. The summed E-state index contributed by atoms with van der Waals surface area (Å²) in [5, 5.41) is 2.83. The first-order chi connectivity index (χ1) is 14.2. The van der Waals surface area contributed by atoms with Crippen LogP contribution in [0.4, 0.5) is 0 Å². The van der Waals surface area contributed by atoms with Crippen molar-refractivity contribution in [1.82, 2.24) is 14.9 Å². The predicted molar refractivity (Wildman–Crippen MR) is 117 cm³/mol. The Morgan fingerprint density at radius 3 is 2.76 bits per heavy atom. The van der Waals surface area contributed by atoms with Crippen molar-refractivity contribution in [2.75, 3.05) is 13.2 Å². The molecule has 29 heavy (non-hydrogen) atoms. The maximum atomic E-state index is 11.3. The number of benzene rings is 2. The van der Waals surface area contributed by atoms with Crippen LogP contribution in [0.5, 0.6) is 5.75 Å². The minimum Gasteiger partial charge on any atom is -0.493 e. The molecule has 3 aromatic rings. The minimum absolute atomic E-state index is 0.132. The highest BCUT2D eigenvalue weighted by Crippen LogP contribution is 2.19. The summed E-state index contributed by atoms with van der Waals surface area (Å²) < 4.78 is 8.22. The number of nitrogens with zero attached hydrogens (tertiary/aromatic N) is 2. The molecule has 152 valence electrons. The standard InChI is InChI=1S/C24H29N3O2/c1-3-24(28)25-16-10-15-23-26-20-12-5-6-13-21(20)27(23)17-8-9-18-29-22-14-7-4-11-19(22)2/h3-7,11-14H,1,8-10,15-18H2,2H3,(H,25,28). The van der Waals surface area contributed by atoms with Crippen LogP contribution in [0.2, 0.25) is 0 Å². The molecule has 0 saturated heterocycles. The van der Waals surface area contributed by atoms with Crippen LogP contribution in [0.15, 0.2) is 61.2 Å². The van der Waals surface area contributed by atoms with Crippen molar-refractivity contribution < 1.29 is 9.53 Å². The number of fused-ring (bicyclic) bond motifs is 1. The molecule has 0 fully saturated rings. The first-order valence-corrected chi connectivity index (χ1v) is 10.2. The van der Waals surface area contributed by atoms with Gasteiger partial charge in [-0.1, -0.05) is 36.9 Å². The number of ether oxygens (including phenoxy) is 1. The SMILES string of the molecule is C=CC(=O)NCCCc1nc2ccccc2n1CCCCOc1ccccc1C. The van der Waals surface area contributed by atoms with E-state index >= 15 is 0 Å². The Balaban J connectivity index is 1.55. The molecule has 1 amide bonds. The number of para-hydroxylation sites is 3. The summed E-state index contributed by atoms with van der Waals surface area (Å²) in [6.07, 6.45) is 4.97. The maximum absolute atomic E-state index is 11.3. The van der Waals surface area contributed by atoms with Gasteiger partial charge in [0.2, 0.25) is 5.91 Å². The Bertz CT molecular complexity index is 962. The van der Waals surface area contributed by atoms with Gasteiger partial charge in [0.25, 0.3) is 0 Å². The molecule has 0 atom stereocenters. The van der Waals surface area contributed by atoms with Crippen molar-refractivity contribution in [3.05, 3.63) is 72.6 Å². The van der Waals surface area contributed by atoms with Crippen LogP contribution in [0.3, 0.4) is 0 Å². The van der Waals surface area contributed by atoms with Gasteiger partial charge >= 0.3 is 0 Å². The van der Waals surface area contributed by atoms with E-state index in [4.69, 9.17) is 9.72 Å². The van der Waals surface area contributed by atoms with Crippen LogP contribution in [0.1, 0.15) is 30.7 Å². The number of amides is 1. The van der Waals surface area contributed by atoms with E-state index in [9.17, 15) is 4.79 Å². The number of unbranched alkanes of at least 4 members (excludes halogenated alkanes) is 1. The third-order valence-corrected chi connectivity index (χ3v) is 4.92. The fraction of sp³-hybridized carbons (Fsp3) is 0.333. The molecule has 1 heterocycles. The highest BCUT2D eigenvalue weighted by Gasteiger charge is 2.10. The number of aromatic nitrogens is 2. The van der Waals surface area contributed by atoms with Crippen LogP contribution < -0.4 is 10.1 Å². The van der Waals surface area contributed by atoms with Crippen molar-refractivity contribution in [3.63, 3.8) is 0 Å². The Labute approximate surface area is 172 Å². The molecular weight excluding hydrogens is 362 g/mol. The average Bonchev–Trinajstić information content (AvgIpc) is 3.09. The summed E-state index contributed by atoms with van der Waals surface area (Å²) in [4.78, 5) is 16.1. The monoisotopic (exact) mass is 391 g/mol. The Hall–Kier alpha value is -3.08. The zero-order chi connectivity index (χ0) is 20.5. The van der Waals surface area contributed by atoms with Crippen molar-refractivity contribution in [2.45, 2.75) is 39.2 Å². The van der Waals surface area contributed by atoms with E-state index in [1.807, 2.05) is 24.3 Å². The second-order valence-corrected chi connectivity index (χ2v) is 7.09. The third kappa shape index (κ3) is 5.70. The molecule has 0 aliphatic carbocycles. The molecule has 0 aliphatic heterocycles. The lowest BCUT2D eigenvalue weighted by Gasteiger charge is -2.11. The third-order valence-electron chi connectivity index (χ3n) is 4.92. The fourth-order valence-corrected chi connectivity index (χ4v) is 3.37. The van der Waals surface area contributed by atoms with E-state index in [1.165, 1.54) is 11.6 Å². The van der Waals surface area contributed by atoms with Gasteiger partial charge in [0, 0.05) is 19.5 Å². The summed E-state index contributed by atoms with van der Waals surface area (Å²) >= 11 is 0. The molecule has 0 radical (unpaired) electrons. The van der Waals surface area contributed by atoms with Gasteiger partial charge in [-0.2, -0.15) is 0 Å². The van der Waals surface area contributed by atoms with Crippen molar-refractivity contribution in [2.24, 2.45) is 0 Å². The lowest BCUT2D eigenvalue weighted by Crippen LogP contribution is -2.22. The van der Waals surface area contributed by atoms with Crippen LogP contribution >= 0.6 is 0 Å². The van der Waals surface area contributed by atoms with Crippen LogP contribution in [0, 0.1) is 6.92 Å². The van der Waals surface area contributed by atoms with Gasteiger partial charge in [0.1, 0.15) is 11.6 Å². The van der Waals surface area contributed by atoms with Gasteiger partial charge in [-0.15, -0.1) is 0 Å². The predicted octanol–water partition coefficient (Wildman–Crippen LogP) is 4.44. The Morgan fingerprint density at radius 2 is 1.93 bits per heavy atom. The molecule has 0 spiro atoms. The summed E-state index contributed by atoms with van der Waals surface area (Å²) in [7, 11) is 0. The van der Waals surface area contributed by atoms with Gasteiger partial charge in [-0.05, 0) is 56.0 Å². The molecule has 1 N–H and O–H groups in total. The number of imidazole rings is 1. The van der Waals surface area contributed by atoms with Crippen molar-refractivity contribution in [3.8, 4) is 5.75 Å². The van der Waals surface area contributed by atoms with Crippen molar-refractivity contribution >= 4 is 16.9 Å². The Kier molecular flexibility index (Phi) is 7.45. The minimum atomic E-state index is -0.132. The summed E-state index contributed by atoms with van der Waals surface area (Å²) in [5.41, 5.74) is 3.35. The molecule has 0 bridgehead atoms. The summed E-state index contributed by atoms with van der Waals surface area (Å²) in [5.74, 6) is 1.90. The van der Waals surface area contributed by atoms with Gasteiger partial charge in [0.05, 0.1) is 17.6 Å². The number of rotatable bonds is 11. The highest BCUT2D eigenvalue weighted by atomic mass is 16.5. The van der Waals surface area contributed by atoms with E-state index in [0.717, 1.165) is 54.8 Å². The Morgan fingerprint density at radius 1 is 1.14 bits per heavy atom. The number of aryl methyl sites for hydroxylation is 3. The molecule has 0 aliphatic rings. The molecule has 1 aromatic heterocycles. The number of nitrogens with one attached hydrogen (secondary N) is 1. The first-order valence-electron chi connectivity index (χ1n) is 10.2. The first kappa shape index (κ1) is 20.6. The lowest BCUT2D eigenvalue weighted by atomic mass is 10.2. The number of hydrogen-bond acceptors (Lipinski definition) is 3. The average molecular weight is 392 g/mol. The molecule has 0 unspecified atom stereocenters. The van der Waals surface area contributed by atoms with E-state index < -0.39 is 0 Å². The zero-order valence-corrected chi connectivity index (χ0v) is 17.1. The van der Waals surface area contributed by atoms with E-state index in [2.05, 4.69) is 47.7 Å². The van der Waals surface area contributed by atoms with E-state index in [0.29, 0.717) is 13.2 Å². The summed E-state index contributed by atoms with van der Waals surface area (Å²) in [6.45, 7) is 7.78. The number of carbonyl (C=O) groups is 1. The molecular formula is C24H29N3O2. The van der Waals surface area contributed by atoms with Gasteiger partial charge < -0.3 is 14.6 Å². The zero-order valence-electron chi connectivity index (χ0n) is 17.1. The molecule has 0 saturated carbocycles.